The zero-order valence-corrected chi connectivity index (χ0v) is 7.76. The van der Waals surface area contributed by atoms with E-state index < -0.39 is 5.97 Å². The second kappa shape index (κ2) is 4.00. The van der Waals surface area contributed by atoms with Crippen molar-refractivity contribution < 1.29 is 15.0 Å². The van der Waals surface area contributed by atoms with Gasteiger partial charge >= 0.3 is 5.97 Å². The van der Waals surface area contributed by atoms with Crippen molar-refractivity contribution >= 4 is 24.1 Å². The standard InChI is InChI=1S/C8H9NO3.ClH/c1-4-2-5(10)3-6(7(4)9)8(11)12;/h2-3,10H,9H2,1H3,(H,11,12);1H. The molecule has 4 nitrogen and oxygen atoms in total. The number of nitrogens with two attached hydrogens (primary N) is 1. The minimum Gasteiger partial charge on any atom is -0.508 e. The lowest BCUT2D eigenvalue weighted by molar-refractivity contribution is 0.0697. The first-order chi connectivity index (χ1) is 5.52. The Hall–Kier alpha value is -1.42. The van der Waals surface area contributed by atoms with E-state index in [4.69, 9.17) is 15.9 Å². The Morgan fingerprint density at radius 2 is 2.00 bits per heavy atom. The van der Waals surface area contributed by atoms with Crippen LogP contribution < -0.4 is 5.73 Å². The summed E-state index contributed by atoms with van der Waals surface area (Å²) in [6, 6.07) is 2.55. The highest BCUT2D eigenvalue weighted by atomic mass is 35.5. The fourth-order valence-electron chi connectivity index (χ4n) is 0.956. The summed E-state index contributed by atoms with van der Waals surface area (Å²) in [5, 5.41) is 17.7. The highest BCUT2D eigenvalue weighted by Crippen LogP contribution is 2.22. The van der Waals surface area contributed by atoms with Crippen LogP contribution in [0.4, 0.5) is 5.69 Å². The summed E-state index contributed by atoms with van der Waals surface area (Å²) in [6.07, 6.45) is 0. The Labute approximate surface area is 81.4 Å². The number of carboxylic acids is 1. The van der Waals surface area contributed by atoms with Gasteiger partial charge in [-0.1, -0.05) is 0 Å². The van der Waals surface area contributed by atoms with Gasteiger partial charge in [-0.25, -0.2) is 4.79 Å². The van der Waals surface area contributed by atoms with E-state index in [9.17, 15) is 4.79 Å². The van der Waals surface area contributed by atoms with Crippen molar-refractivity contribution in [1.29, 1.82) is 0 Å². The maximum Gasteiger partial charge on any atom is 0.337 e. The van der Waals surface area contributed by atoms with E-state index in [2.05, 4.69) is 0 Å². The van der Waals surface area contributed by atoms with Crippen LogP contribution in [0.3, 0.4) is 0 Å². The van der Waals surface area contributed by atoms with Gasteiger partial charge in [-0.15, -0.1) is 12.4 Å². The predicted octanol–water partition coefficient (Wildman–Crippen LogP) is 1.40. The number of phenolic OH excluding ortho intramolecular Hbond substituents is 1. The number of phenols is 1. The van der Waals surface area contributed by atoms with Crippen molar-refractivity contribution in [3.8, 4) is 5.75 Å². The number of aromatic carboxylic acids is 1. The van der Waals surface area contributed by atoms with E-state index in [-0.39, 0.29) is 29.4 Å². The fourth-order valence-corrected chi connectivity index (χ4v) is 0.956. The lowest BCUT2D eigenvalue weighted by atomic mass is 10.1. The summed E-state index contributed by atoms with van der Waals surface area (Å²) in [4.78, 5) is 10.5. The Morgan fingerprint density at radius 1 is 1.46 bits per heavy atom. The predicted molar refractivity (Wildman–Crippen MR) is 51.5 cm³/mol. The van der Waals surface area contributed by atoms with Crippen LogP contribution in [0.25, 0.3) is 0 Å². The molecule has 0 atom stereocenters. The van der Waals surface area contributed by atoms with Gasteiger partial charge in [0.15, 0.2) is 0 Å². The van der Waals surface area contributed by atoms with Crippen LogP contribution in [-0.4, -0.2) is 16.2 Å². The Bertz CT molecular complexity index is 338. The van der Waals surface area contributed by atoms with Crippen LogP contribution >= 0.6 is 12.4 Å². The number of benzene rings is 1. The van der Waals surface area contributed by atoms with Gasteiger partial charge in [0.05, 0.1) is 5.56 Å². The zero-order chi connectivity index (χ0) is 9.30. The molecule has 0 unspecified atom stereocenters. The minimum atomic E-state index is -1.13. The van der Waals surface area contributed by atoms with Gasteiger partial charge in [0.25, 0.3) is 0 Å². The maximum atomic E-state index is 10.5. The van der Waals surface area contributed by atoms with E-state index in [1.807, 2.05) is 0 Å². The third-order valence-electron chi connectivity index (χ3n) is 1.60. The molecular weight excluding hydrogens is 194 g/mol. The highest BCUT2D eigenvalue weighted by Gasteiger charge is 2.10. The molecular formula is C8H10ClNO3. The second-order valence-electron chi connectivity index (χ2n) is 2.53. The van der Waals surface area contributed by atoms with Gasteiger partial charge in [-0.2, -0.15) is 0 Å². The number of rotatable bonds is 1. The number of halogens is 1. The van der Waals surface area contributed by atoms with E-state index in [0.29, 0.717) is 5.56 Å². The van der Waals surface area contributed by atoms with Crippen LogP contribution in [0.1, 0.15) is 15.9 Å². The molecule has 13 heavy (non-hydrogen) atoms. The van der Waals surface area contributed by atoms with Crippen molar-refractivity contribution in [2.75, 3.05) is 5.73 Å². The van der Waals surface area contributed by atoms with Crippen LogP contribution in [0, 0.1) is 6.92 Å². The molecule has 0 radical (unpaired) electrons. The third kappa shape index (κ3) is 2.26. The van der Waals surface area contributed by atoms with Crippen molar-refractivity contribution in [2.24, 2.45) is 0 Å². The van der Waals surface area contributed by atoms with Gasteiger partial charge in [0, 0.05) is 5.69 Å². The number of anilines is 1. The number of carbonyl (C=O) groups is 1. The van der Waals surface area contributed by atoms with E-state index in [1.165, 1.54) is 6.07 Å². The normalized spacial score (nSPS) is 9.00. The third-order valence-corrected chi connectivity index (χ3v) is 1.60. The van der Waals surface area contributed by atoms with Crippen LogP contribution in [0.5, 0.6) is 5.75 Å². The second-order valence-corrected chi connectivity index (χ2v) is 2.53. The van der Waals surface area contributed by atoms with Gasteiger partial charge in [-0.05, 0) is 24.6 Å². The molecule has 0 amide bonds. The molecule has 0 bridgehead atoms. The molecule has 0 aliphatic rings. The smallest absolute Gasteiger partial charge is 0.337 e. The molecule has 0 fully saturated rings. The molecule has 4 N–H and O–H groups in total. The molecule has 0 saturated carbocycles. The van der Waals surface area contributed by atoms with Crippen molar-refractivity contribution in [3.05, 3.63) is 23.3 Å². The maximum absolute atomic E-state index is 10.5. The molecule has 1 aromatic rings. The first-order valence-electron chi connectivity index (χ1n) is 3.34. The average Bonchev–Trinajstić information content (AvgIpc) is 1.96. The van der Waals surface area contributed by atoms with Crippen molar-refractivity contribution in [3.63, 3.8) is 0 Å². The summed E-state index contributed by atoms with van der Waals surface area (Å²) in [5.41, 5.74) is 6.16. The van der Waals surface area contributed by atoms with Crippen LogP contribution in [0.2, 0.25) is 0 Å². The van der Waals surface area contributed by atoms with E-state index in [1.54, 1.807) is 6.92 Å². The molecule has 5 heteroatoms. The summed E-state index contributed by atoms with van der Waals surface area (Å²) in [5.74, 6) is -1.22. The lowest BCUT2D eigenvalue weighted by Crippen LogP contribution is -2.03. The van der Waals surface area contributed by atoms with Gasteiger partial charge in [0.2, 0.25) is 0 Å². The Morgan fingerprint density at radius 3 is 2.46 bits per heavy atom. The van der Waals surface area contributed by atoms with Gasteiger partial charge in [-0.3, -0.25) is 0 Å². The van der Waals surface area contributed by atoms with Crippen molar-refractivity contribution in [2.45, 2.75) is 6.92 Å². The molecule has 0 saturated heterocycles. The number of aryl methyl sites for hydroxylation is 1. The average molecular weight is 204 g/mol. The number of aromatic hydroxyl groups is 1. The molecule has 0 heterocycles. The number of nitrogen functional groups attached to an aromatic ring is 1. The molecule has 0 aromatic heterocycles. The molecule has 0 aliphatic heterocycles. The number of carboxylic acid groups (broad SMARTS) is 1. The first-order valence-corrected chi connectivity index (χ1v) is 3.34. The summed E-state index contributed by atoms with van der Waals surface area (Å²) in [7, 11) is 0. The SMILES string of the molecule is Cc1cc(O)cc(C(=O)O)c1N.Cl. The molecule has 0 spiro atoms. The Balaban J connectivity index is 0.00000144. The van der Waals surface area contributed by atoms with Crippen LogP contribution in [0.15, 0.2) is 12.1 Å². The molecule has 1 rings (SSSR count). The molecule has 72 valence electrons. The summed E-state index contributed by atoms with van der Waals surface area (Å²) < 4.78 is 0. The number of hydrogen-bond donors (Lipinski definition) is 3. The fraction of sp³-hybridized carbons (Fsp3) is 0.125. The number of hydrogen-bond acceptors (Lipinski definition) is 3. The highest BCUT2D eigenvalue weighted by molar-refractivity contribution is 5.94. The molecule has 0 aliphatic carbocycles. The first kappa shape index (κ1) is 11.6. The minimum absolute atomic E-state index is 0. The largest absolute Gasteiger partial charge is 0.508 e. The molecule has 1 aromatic carbocycles. The summed E-state index contributed by atoms with van der Waals surface area (Å²) in [6.45, 7) is 1.64. The van der Waals surface area contributed by atoms with Crippen LogP contribution in [-0.2, 0) is 0 Å². The zero-order valence-electron chi connectivity index (χ0n) is 6.94. The Kier molecular flexibility index (Phi) is 3.56. The van der Waals surface area contributed by atoms with Crippen molar-refractivity contribution in [1.82, 2.24) is 0 Å². The van der Waals surface area contributed by atoms with E-state index in [0.717, 1.165) is 6.07 Å². The topological polar surface area (TPSA) is 83.5 Å². The van der Waals surface area contributed by atoms with E-state index >= 15 is 0 Å². The summed E-state index contributed by atoms with van der Waals surface area (Å²) >= 11 is 0. The van der Waals surface area contributed by atoms with Gasteiger partial charge in [0.1, 0.15) is 5.75 Å². The monoisotopic (exact) mass is 203 g/mol. The van der Waals surface area contributed by atoms with Gasteiger partial charge < -0.3 is 15.9 Å². The lowest BCUT2D eigenvalue weighted by Gasteiger charge is -2.04. The quantitative estimate of drug-likeness (QED) is 0.476.